The SMILES string of the molecule is NC(N)=NCCCC(NC(=O)c1ccc(-c2ccccc2)[nH]1)C(=O)NCCO. The van der Waals surface area contributed by atoms with Crippen LogP contribution in [0.25, 0.3) is 11.3 Å². The predicted molar refractivity (Wildman–Crippen MR) is 107 cm³/mol. The molecule has 9 nitrogen and oxygen atoms in total. The van der Waals surface area contributed by atoms with E-state index in [1.165, 1.54) is 0 Å². The maximum absolute atomic E-state index is 12.6. The summed E-state index contributed by atoms with van der Waals surface area (Å²) in [6.07, 6.45) is 0.863. The monoisotopic (exact) mass is 386 g/mol. The van der Waals surface area contributed by atoms with E-state index in [2.05, 4.69) is 20.6 Å². The zero-order valence-electron chi connectivity index (χ0n) is 15.5. The van der Waals surface area contributed by atoms with Crippen LogP contribution in [0.5, 0.6) is 0 Å². The minimum atomic E-state index is -0.767. The zero-order chi connectivity index (χ0) is 20.4. The molecule has 0 radical (unpaired) electrons. The number of aliphatic hydroxyl groups is 1. The Kier molecular flexibility index (Phi) is 8.04. The normalized spacial score (nSPS) is 11.5. The molecule has 1 aromatic carbocycles. The molecule has 0 bridgehead atoms. The van der Waals surface area contributed by atoms with Gasteiger partial charge in [-0.25, -0.2) is 0 Å². The van der Waals surface area contributed by atoms with Crippen molar-refractivity contribution in [2.75, 3.05) is 19.7 Å². The summed E-state index contributed by atoms with van der Waals surface area (Å²) >= 11 is 0. The van der Waals surface area contributed by atoms with Gasteiger partial charge in [-0.3, -0.25) is 14.6 Å². The molecule has 2 amide bonds. The van der Waals surface area contributed by atoms with Crippen LogP contribution in [-0.2, 0) is 4.79 Å². The van der Waals surface area contributed by atoms with Gasteiger partial charge >= 0.3 is 0 Å². The van der Waals surface area contributed by atoms with E-state index < -0.39 is 11.9 Å². The molecule has 1 unspecified atom stereocenters. The molecule has 0 aliphatic rings. The van der Waals surface area contributed by atoms with Crippen LogP contribution in [-0.4, -0.2) is 53.6 Å². The van der Waals surface area contributed by atoms with Gasteiger partial charge in [0.05, 0.1) is 6.61 Å². The number of rotatable bonds is 10. The van der Waals surface area contributed by atoms with E-state index in [0.29, 0.717) is 25.1 Å². The summed E-state index contributed by atoms with van der Waals surface area (Å²) in [5, 5.41) is 14.2. The lowest BCUT2D eigenvalue weighted by Gasteiger charge is -2.17. The molecular formula is C19H26N6O3. The molecule has 0 fully saturated rings. The number of nitrogens with two attached hydrogens (primary N) is 2. The van der Waals surface area contributed by atoms with Gasteiger partial charge in [-0.1, -0.05) is 30.3 Å². The van der Waals surface area contributed by atoms with Gasteiger partial charge < -0.3 is 32.2 Å². The van der Waals surface area contributed by atoms with Crippen molar-refractivity contribution in [3.05, 3.63) is 48.2 Å². The van der Waals surface area contributed by atoms with Gasteiger partial charge in [-0.05, 0) is 30.5 Å². The Bertz CT molecular complexity index is 799. The van der Waals surface area contributed by atoms with Gasteiger partial charge in [-0.15, -0.1) is 0 Å². The summed E-state index contributed by atoms with van der Waals surface area (Å²) in [5.41, 5.74) is 12.7. The molecule has 0 saturated carbocycles. The highest BCUT2D eigenvalue weighted by molar-refractivity contribution is 5.96. The second kappa shape index (κ2) is 10.7. The summed E-state index contributed by atoms with van der Waals surface area (Å²) in [6.45, 7) is 0.278. The molecule has 1 atom stereocenters. The summed E-state index contributed by atoms with van der Waals surface area (Å²) in [7, 11) is 0. The third kappa shape index (κ3) is 6.44. The van der Waals surface area contributed by atoms with Crippen LogP contribution in [0.15, 0.2) is 47.5 Å². The first kappa shape index (κ1) is 21.0. The fraction of sp³-hybridized carbons (Fsp3) is 0.316. The Hall–Kier alpha value is -3.33. The molecule has 150 valence electrons. The summed E-state index contributed by atoms with van der Waals surface area (Å²) in [4.78, 5) is 31.8. The lowest BCUT2D eigenvalue weighted by atomic mass is 10.1. The number of guanidine groups is 1. The average molecular weight is 386 g/mol. The second-order valence-corrected chi connectivity index (χ2v) is 6.14. The lowest BCUT2D eigenvalue weighted by molar-refractivity contribution is -0.123. The number of H-pyrrole nitrogens is 1. The van der Waals surface area contributed by atoms with Crippen LogP contribution in [0.4, 0.5) is 0 Å². The number of nitrogens with zero attached hydrogens (tertiary/aromatic N) is 1. The minimum Gasteiger partial charge on any atom is -0.395 e. The van der Waals surface area contributed by atoms with Crippen molar-refractivity contribution in [3.63, 3.8) is 0 Å². The fourth-order valence-electron chi connectivity index (χ4n) is 2.62. The van der Waals surface area contributed by atoms with Crippen molar-refractivity contribution in [3.8, 4) is 11.3 Å². The molecule has 0 spiro atoms. The molecule has 1 heterocycles. The van der Waals surface area contributed by atoms with Crippen molar-refractivity contribution in [1.29, 1.82) is 0 Å². The molecule has 0 aliphatic heterocycles. The number of hydrogen-bond acceptors (Lipinski definition) is 4. The van der Waals surface area contributed by atoms with Gasteiger partial charge in [0.25, 0.3) is 5.91 Å². The van der Waals surface area contributed by atoms with Gasteiger partial charge in [-0.2, -0.15) is 0 Å². The quantitative estimate of drug-likeness (QED) is 0.191. The standard InChI is InChI=1S/C19H26N6O3/c20-19(21)23-10-4-7-15(17(27)22-11-12-26)25-18(28)16-9-8-14(24-16)13-5-2-1-3-6-13/h1-3,5-6,8-9,15,24,26H,4,7,10-12H2,(H,22,27)(H,25,28)(H4,20,21,23). The molecular weight excluding hydrogens is 360 g/mol. The smallest absolute Gasteiger partial charge is 0.268 e. The molecule has 2 aromatic rings. The van der Waals surface area contributed by atoms with Crippen molar-refractivity contribution in [2.24, 2.45) is 16.5 Å². The van der Waals surface area contributed by atoms with Crippen molar-refractivity contribution in [1.82, 2.24) is 15.6 Å². The number of hydrogen-bond donors (Lipinski definition) is 6. The first-order chi connectivity index (χ1) is 13.5. The molecule has 1 aromatic heterocycles. The zero-order valence-corrected chi connectivity index (χ0v) is 15.5. The first-order valence-corrected chi connectivity index (χ1v) is 9.00. The minimum absolute atomic E-state index is 0.0230. The number of nitrogens with one attached hydrogen (secondary N) is 3. The maximum atomic E-state index is 12.6. The number of aliphatic hydroxyl groups excluding tert-OH is 1. The van der Waals surface area contributed by atoms with E-state index in [1.54, 1.807) is 6.07 Å². The Morgan fingerprint density at radius 2 is 1.89 bits per heavy atom. The fourth-order valence-corrected chi connectivity index (χ4v) is 2.62. The second-order valence-electron chi connectivity index (χ2n) is 6.14. The summed E-state index contributed by atoms with van der Waals surface area (Å²) in [6, 6.07) is 12.3. The van der Waals surface area contributed by atoms with Crippen LogP contribution in [0.1, 0.15) is 23.3 Å². The van der Waals surface area contributed by atoms with Crippen molar-refractivity contribution in [2.45, 2.75) is 18.9 Å². The van der Waals surface area contributed by atoms with Crippen LogP contribution >= 0.6 is 0 Å². The number of aromatic nitrogens is 1. The molecule has 0 saturated heterocycles. The van der Waals surface area contributed by atoms with Gasteiger partial charge in [0.2, 0.25) is 5.91 Å². The molecule has 28 heavy (non-hydrogen) atoms. The maximum Gasteiger partial charge on any atom is 0.268 e. The molecule has 0 aliphatic carbocycles. The number of carbonyl (C=O) groups is 2. The van der Waals surface area contributed by atoms with E-state index in [0.717, 1.165) is 11.3 Å². The lowest BCUT2D eigenvalue weighted by Crippen LogP contribution is -2.47. The Morgan fingerprint density at radius 3 is 2.57 bits per heavy atom. The first-order valence-electron chi connectivity index (χ1n) is 9.00. The van der Waals surface area contributed by atoms with E-state index in [9.17, 15) is 9.59 Å². The number of benzene rings is 1. The Balaban J connectivity index is 2.03. The largest absolute Gasteiger partial charge is 0.395 e. The van der Waals surface area contributed by atoms with E-state index >= 15 is 0 Å². The van der Waals surface area contributed by atoms with Gasteiger partial charge in [0, 0.05) is 18.8 Å². The number of amides is 2. The van der Waals surface area contributed by atoms with Gasteiger partial charge in [0.15, 0.2) is 5.96 Å². The summed E-state index contributed by atoms with van der Waals surface area (Å²) in [5.74, 6) is -0.791. The highest BCUT2D eigenvalue weighted by atomic mass is 16.3. The highest BCUT2D eigenvalue weighted by Gasteiger charge is 2.21. The van der Waals surface area contributed by atoms with Crippen LogP contribution < -0.4 is 22.1 Å². The molecule has 8 N–H and O–H groups in total. The van der Waals surface area contributed by atoms with E-state index in [-0.39, 0.29) is 25.0 Å². The Labute approximate surface area is 163 Å². The van der Waals surface area contributed by atoms with Crippen molar-refractivity contribution >= 4 is 17.8 Å². The third-order valence-corrected chi connectivity index (χ3v) is 3.99. The third-order valence-electron chi connectivity index (χ3n) is 3.99. The average Bonchev–Trinajstić information content (AvgIpc) is 3.19. The van der Waals surface area contributed by atoms with Crippen LogP contribution in [0.3, 0.4) is 0 Å². The number of aromatic amines is 1. The number of aliphatic imine (C=N–C) groups is 1. The molecule has 2 rings (SSSR count). The predicted octanol–water partition coefficient (Wildman–Crippen LogP) is -0.0578. The van der Waals surface area contributed by atoms with Crippen molar-refractivity contribution < 1.29 is 14.7 Å². The van der Waals surface area contributed by atoms with E-state index in [4.69, 9.17) is 16.6 Å². The topological polar surface area (TPSA) is 159 Å². The summed E-state index contributed by atoms with van der Waals surface area (Å²) < 4.78 is 0. The van der Waals surface area contributed by atoms with Gasteiger partial charge in [0.1, 0.15) is 11.7 Å². The van der Waals surface area contributed by atoms with Crippen LogP contribution in [0.2, 0.25) is 0 Å². The van der Waals surface area contributed by atoms with E-state index in [1.807, 2.05) is 36.4 Å². The Morgan fingerprint density at radius 1 is 1.14 bits per heavy atom. The highest BCUT2D eigenvalue weighted by Crippen LogP contribution is 2.18. The van der Waals surface area contributed by atoms with Crippen LogP contribution in [0, 0.1) is 0 Å². The number of carbonyl (C=O) groups excluding carboxylic acids is 2. The molecule has 9 heteroatoms.